The van der Waals surface area contributed by atoms with E-state index in [0.717, 1.165) is 23.2 Å². The highest BCUT2D eigenvalue weighted by atomic mass is 35.5. The van der Waals surface area contributed by atoms with Gasteiger partial charge in [0, 0.05) is 35.8 Å². The number of rotatable bonds is 5. The lowest BCUT2D eigenvalue weighted by atomic mass is 10.0. The minimum atomic E-state index is -3.43. The molecule has 1 aromatic heterocycles. The number of anilines is 1. The molecule has 2 heterocycles. The topological polar surface area (TPSA) is 92.8 Å². The van der Waals surface area contributed by atoms with Crippen molar-refractivity contribution in [2.75, 3.05) is 25.2 Å². The second-order valence-electron chi connectivity index (χ2n) is 7.27. The number of carbonyl (C=O) groups is 2. The number of benzene rings is 1. The van der Waals surface area contributed by atoms with Gasteiger partial charge < -0.3 is 10.1 Å². The van der Waals surface area contributed by atoms with Crippen LogP contribution in [0.25, 0.3) is 0 Å². The summed E-state index contributed by atoms with van der Waals surface area (Å²) in [5.74, 6) is -0.958. The molecular weight excluding hydrogens is 448 g/mol. The number of sulfone groups is 1. The van der Waals surface area contributed by atoms with E-state index in [-0.39, 0.29) is 22.9 Å². The highest BCUT2D eigenvalue weighted by Crippen LogP contribution is 2.38. The summed E-state index contributed by atoms with van der Waals surface area (Å²) in [6, 6.07) is 6.21. The van der Waals surface area contributed by atoms with Crippen molar-refractivity contribution in [2.24, 2.45) is 0 Å². The van der Waals surface area contributed by atoms with E-state index in [0.29, 0.717) is 29.6 Å². The summed E-state index contributed by atoms with van der Waals surface area (Å²) in [5, 5.41) is 3.22. The van der Waals surface area contributed by atoms with Crippen molar-refractivity contribution >= 4 is 50.5 Å². The van der Waals surface area contributed by atoms with Crippen LogP contribution in [0.3, 0.4) is 0 Å². The molecule has 0 fully saturated rings. The van der Waals surface area contributed by atoms with E-state index in [4.69, 9.17) is 4.74 Å². The maximum absolute atomic E-state index is 12.8. The van der Waals surface area contributed by atoms with E-state index >= 15 is 0 Å². The Hall–Kier alpha value is -1.94. The van der Waals surface area contributed by atoms with Gasteiger partial charge in [-0.15, -0.1) is 23.7 Å². The molecule has 1 aliphatic rings. The lowest BCUT2D eigenvalue weighted by molar-refractivity contribution is 0.0600. The summed E-state index contributed by atoms with van der Waals surface area (Å²) in [6.07, 6.45) is 1.79. The fourth-order valence-corrected chi connectivity index (χ4v) is 5.24. The van der Waals surface area contributed by atoms with Crippen LogP contribution in [-0.4, -0.2) is 51.1 Å². The largest absolute Gasteiger partial charge is 0.465 e. The van der Waals surface area contributed by atoms with Crippen molar-refractivity contribution in [3.8, 4) is 0 Å². The number of thiophene rings is 1. The third-order valence-electron chi connectivity index (χ3n) is 4.96. The number of amides is 1. The lowest BCUT2D eigenvalue weighted by Gasteiger charge is -2.30. The number of carbonyl (C=O) groups excluding carboxylic acids is 2. The highest BCUT2D eigenvalue weighted by molar-refractivity contribution is 7.90. The normalized spacial score (nSPS) is 14.0. The Morgan fingerprint density at radius 3 is 2.57 bits per heavy atom. The maximum atomic E-state index is 12.8. The van der Waals surface area contributed by atoms with Crippen molar-refractivity contribution in [1.82, 2.24) is 4.90 Å². The first-order valence-electron chi connectivity index (χ1n) is 9.20. The Morgan fingerprint density at radius 2 is 1.97 bits per heavy atom. The Labute approximate surface area is 186 Å². The maximum Gasteiger partial charge on any atom is 0.341 e. The fraction of sp³-hybridized carbons (Fsp3) is 0.400. The van der Waals surface area contributed by atoms with E-state index in [2.05, 4.69) is 24.1 Å². The summed E-state index contributed by atoms with van der Waals surface area (Å²) in [6.45, 7) is 5.78. The van der Waals surface area contributed by atoms with Crippen LogP contribution >= 0.6 is 23.7 Å². The summed E-state index contributed by atoms with van der Waals surface area (Å²) in [7, 11) is -2.11. The molecule has 30 heavy (non-hydrogen) atoms. The predicted octanol–water partition coefficient (Wildman–Crippen LogP) is 3.38. The van der Waals surface area contributed by atoms with Gasteiger partial charge in [0.05, 0.1) is 17.6 Å². The molecule has 2 aromatic rings. The van der Waals surface area contributed by atoms with Gasteiger partial charge in [0.25, 0.3) is 5.91 Å². The van der Waals surface area contributed by atoms with E-state index < -0.39 is 21.7 Å². The first kappa shape index (κ1) is 24.3. The predicted molar refractivity (Wildman–Crippen MR) is 120 cm³/mol. The number of methoxy groups -OCH3 is 1. The Bertz CT molecular complexity index is 1060. The van der Waals surface area contributed by atoms with Gasteiger partial charge in [0.1, 0.15) is 5.00 Å². The number of halogens is 1. The second-order valence-corrected chi connectivity index (χ2v) is 10.4. The number of hydrogen-bond donors (Lipinski definition) is 1. The van der Waals surface area contributed by atoms with E-state index in [1.807, 2.05) is 0 Å². The molecule has 0 saturated heterocycles. The first-order valence-corrected chi connectivity index (χ1v) is 11.9. The van der Waals surface area contributed by atoms with Gasteiger partial charge >= 0.3 is 5.97 Å². The number of nitrogens with one attached hydrogen (secondary N) is 1. The molecule has 3 rings (SSSR count). The number of esters is 1. The molecule has 1 aromatic carbocycles. The third kappa shape index (κ3) is 5.03. The van der Waals surface area contributed by atoms with E-state index in [1.54, 1.807) is 0 Å². The molecule has 0 bridgehead atoms. The van der Waals surface area contributed by atoms with Gasteiger partial charge in [-0.05, 0) is 44.0 Å². The van der Waals surface area contributed by atoms with Gasteiger partial charge in [0.15, 0.2) is 9.84 Å². The molecule has 1 N–H and O–H groups in total. The SMILES string of the molecule is COC(=O)c1c(NC(=O)c2cccc(S(C)(=O)=O)c2)sc2c1CCN(C(C)C)C2.Cl. The molecule has 1 aliphatic heterocycles. The first-order chi connectivity index (χ1) is 13.6. The Balaban J connectivity index is 0.00000320. The van der Waals surface area contributed by atoms with Crippen molar-refractivity contribution in [2.45, 2.75) is 37.8 Å². The molecule has 164 valence electrons. The molecule has 0 radical (unpaired) electrons. The molecule has 0 spiro atoms. The van der Waals surface area contributed by atoms with Crippen molar-refractivity contribution in [3.05, 3.63) is 45.8 Å². The minimum Gasteiger partial charge on any atom is -0.465 e. The van der Waals surface area contributed by atoms with Gasteiger partial charge in [-0.3, -0.25) is 9.69 Å². The number of nitrogens with zero attached hydrogens (tertiary/aromatic N) is 1. The van der Waals surface area contributed by atoms with E-state index in [1.165, 1.54) is 42.7 Å². The highest BCUT2D eigenvalue weighted by Gasteiger charge is 2.30. The van der Waals surface area contributed by atoms with Crippen LogP contribution < -0.4 is 5.32 Å². The molecule has 10 heteroatoms. The fourth-order valence-electron chi connectivity index (χ4n) is 3.31. The molecule has 0 aliphatic carbocycles. The standard InChI is InChI=1S/C20H24N2O5S2.ClH/c1-12(2)22-9-8-15-16(11-22)28-19(17(15)20(24)27-3)21-18(23)13-6-5-7-14(10-13)29(4,25)26;/h5-7,10,12H,8-9,11H2,1-4H3,(H,21,23);1H. The summed E-state index contributed by atoms with van der Waals surface area (Å²) in [4.78, 5) is 28.6. The molecule has 0 saturated carbocycles. The number of fused-ring (bicyclic) bond motifs is 1. The van der Waals surface area contributed by atoms with Crippen LogP contribution in [0.5, 0.6) is 0 Å². The molecule has 0 atom stereocenters. The molecule has 1 amide bonds. The number of ether oxygens (including phenoxy) is 1. The van der Waals surface area contributed by atoms with Crippen molar-refractivity contribution in [1.29, 1.82) is 0 Å². The smallest absolute Gasteiger partial charge is 0.341 e. The van der Waals surface area contributed by atoms with Crippen LogP contribution in [0.2, 0.25) is 0 Å². The average molecular weight is 473 g/mol. The van der Waals surface area contributed by atoms with Crippen molar-refractivity contribution < 1.29 is 22.7 Å². The molecular formula is C20H25ClN2O5S2. The molecule has 0 unspecified atom stereocenters. The number of hydrogen-bond acceptors (Lipinski definition) is 7. The molecule has 7 nitrogen and oxygen atoms in total. The Kier molecular flexibility index (Phi) is 7.68. The van der Waals surface area contributed by atoms with Crippen LogP contribution in [0.15, 0.2) is 29.2 Å². The minimum absolute atomic E-state index is 0. The lowest BCUT2D eigenvalue weighted by Crippen LogP contribution is -2.35. The summed E-state index contributed by atoms with van der Waals surface area (Å²) in [5.41, 5.74) is 1.52. The quantitative estimate of drug-likeness (QED) is 0.670. The van der Waals surface area contributed by atoms with Crippen LogP contribution in [0.1, 0.15) is 45.0 Å². The average Bonchev–Trinajstić information content (AvgIpc) is 3.03. The zero-order valence-electron chi connectivity index (χ0n) is 17.2. The van der Waals surface area contributed by atoms with Gasteiger partial charge in [-0.2, -0.15) is 0 Å². The van der Waals surface area contributed by atoms with Crippen LogP contribution in [0.4, 0.5) is 5.00 Å². The second kappa shape index (κ2) is 9.47. The van der Waals surface area contributed by atoms with Gasteiger partial charge in [-0.1, -0.05) is 6.07 Å². The zero-order valence-corrected chi connectivity index (χ0v) is 19.7. The summed E-state index contributed by atoms with van der Waals surface area (Å²) < 4.78 is 28.5. The zero-order chi connectivity index (χ0) is 21.3. The van der Waals surface area contributed by atoms with Crippen LogP contribution in [-0.2, 0) is 27.5 Å². The third-order valence-corrected chi connectivity index (χ3v) is 7.20. The Morgan fingerprint density at radius 1 is 1.27 bits per heavy atom. The summed E-state index contributed by atoms with van der Waals surface area (Å²) >= 11 is 1.37. The van der Waals surface area contributed by atoms with Crippen LogP contribution in [0, 0.1) is 0 Å². The van der Waals surface area contributed by atoms with Gasteiger partial charge in [0.2, 0.25) is 0 Å². The van der Waals surface area contributed by atoms with Crippen molar-refractivity contribution in [3.63, 3.8) is 0 Å². The van der Waals surface area contributed by atoms with Gasteiger partial charge in [-0.25, -0.2) is 13.2 Å². The monoisotopic (exact) mass is 472 g/mol. The van der Waals surface area contributed by atoms with E-state index in [9.17, 15) is 18.0 Å².